The molecule has 0 saturated heterocycles. The lowest BCUT2D eigenvalue weighted by molar-refractivity contribution is -0.870. The Bertz CT molecular complexity index is 1230. The fraction of sp³-hybridized carbons (Fsp3) is 0.764. The number of likely N-dealkylation sites (N-methyl/N-ethyl adjacent to an activating group) is 1. The van der Waals surface area contributed by atoms with Crippen molar-refractivity contribution in [3.05, 3.63) is 60.8 Å². The largest absolute Gasteiger partial charge is 0.545 e. The molecule has 9 nitrogen and oxygen atoms in total. The van der Waals surface area contributed by atoms with E-state index in [1.807, 2.05) is 21.1 Å². The third-order valence-corrected chi connectivity index (χ3v) is 11.0. The van der Waals surface area contributed by atoms with Gasteiger partial charge in [0.1, 0.15) is 13.2 Å². The van der Waals surface area contributed by atoms with Crippen molar-refractivity contribution in [1.29, 1.82) is 0 Å². The Labute approximate surface area is 393 Å². The quantitative estimate of drug-likeness (QED) is 0.0195. The number of quaternary nitrogens is 1. The summed E-state index contributed by atoms with van der Waals surface area (Å²) in [5.41, 5.74) is 0. The highest BCUT2D eigenvalue weighted by atomic mass is 16.7. The summed E-state index contributed by atoms with van der Waals surface area (Å²) in [6.45, 7) is 4.67. The summed E-state index contributed by atoms with van der Waals surface area (Å²) in [7, 11) is 5.90. The van der Waals surface area contributed by atoms with Gasteiger partial charge in [-0.3, -0.25) is 9.59 Å². The molecule has 0 saturated carbocycles. The van der Waals surface area contributed by atoms with E-state index in [-0.39, 0.29) is 38.6 Å². The number of nitrogens with zero attached hydrogens (tertiary/aromatic N) is 1. The minimum Gasteiger partial charge on any atom is -0.545 e. The molecule has 0 fully saturated rings. The Hall–Kier alpha value is -3.01. The predicted octanol–water partition coefficient (Wildman–Crippen LogP) is 13.2. The van der Waals surface area contributed by atoms with Gasteiger partial charge < -0.3 is 33.3 Å². The average Bonchev–Trinajstić information content (AvgIpc) is 3.26. The lowest BCUT2D eigenvalue weighted by Crippen LogP contribution is -2.44. The number of ether oxygens (including phenoxy) is 4. The summed E-state index contributed by atoms with van der Waals surface area (Å²) < 4.78 is 22.6. The summed E-state index contributed by atoms with van der Waals surface area (Å²) >= 11 is 0. The Morgan fingerprint density at radius 3 is 1.30 bits per heavy atom. The molecule has 0 rings (SSSR count). The van der Waals surface area contributed by atoms with E-state index in [0.717, 1.165) is 89.9 Å². The van der Waals surface area contributed by atoms with Crippen LogP contribution in [0.3, 0.4) is 0 Å². The van der Waals surface area contributed by atoms with Gasteiger partial charge in [0, 0.05) is 12.8 Å². The maximum atomic E-state index is 12.8. The van der Waals surface area contributed by atoms with Crippen molar-refractivity contribution >= 4 is 17.9 Å². The second kappa shape index (κ2) is 46.5. The number of aliphatic carboxylic acids is 1. The molecular weight excluding hydrogens is 803 g/mol. The molecule has 0 aromatic carbocycles. The normalized spacial score (nSPS) is 13.3. The smallest absolute Gasteiger partial charge is 0.306 e. The first-order chi connectivity index (χ1) is 31.1. The first-order valence-electron chi connectivity index (χ1n) is 25.9. The van der Waals surface area contributed by atoms with E-state index in [2.05, 4.69) is 74.6 Å². The van der Waals surface area contributed by atoms with Crippen molar-refractivity contribution in [3.63, 3.8) is 0 Å². The highest BCUT2D eigenvalue weighted by Crippen LogP contribution is 2.14. The number of carbonyl (C=O) groups is 3. The van der Waals surface area contributed by atoms with Gasteiger partial charge >= 0.3 is 11.9 Å². The van der Waals surface area contributed by atoms with Crippen LogP contribution in [0, 0.1) is 0 Å². The highest BCUT2D eigenvalue weighted by molar-refractivity contribution is 5.70. The van der Waals surface area contributed by atoms with Crippen LogP contribution in [0.5, 0.6) is 0 Å². The predicted molar refractivity (Wildman–Crippen MR) is 265 cm³/mol. The van der Waals surface area contributed by atoms with E-state index in [1.54, 1.807) is 0 Å². The van der Waals surface area contributed by atoms with E-state index in [9.17, 15) is 19.5 Å². The lowest BCUT2D eigenvalue weighted by atomic mass is 10.0. The molecule has 2 unspecified atom stereocenters. The SMILES string of the molecule is CCCC/C=C\C/C=C\CCCCCCCC(=O)OCC(COC(OCC[N+](C)(C)C)C(=O)[O-])OC(=O)CCCCCCCCCCCC/C=C\C/C=C\C/C=C\CCCCCCC. The molecule has 9 heteroatoms. The second-order valence-corrected chi connectivity index (χ2v) is 18.5. The molecule has 0 bridgehead atoms. The maximum absolute atomic E-state index is 12.8. The van der Waals surface area contributed by atoms with Crippen LogP contribution in [-0.4, -0.2) is 82.3 Å². The molecule has 0 aromatic heterocycles. The van der Waals surface area contributed by atoms with Gasteiger partial charge in [-0.05, 0) is 77.0 Å². The molecule has 0 N–H and O–H groups in total. The first-order valence-corrected chi connectivity index (χ1v) is 25.9. The number of carboxylic acids is 1. The number of hydrogen-bond donors (Lipinski definition) is 0. The van der Waals surface area contributed by atoms with Gasteiger partial charge in [-0.25, -0.2) is 0 Å². The van der Waals surface area contributed by atoms with E-state index in [0.29, 0.717) is 17.4 Å². The molecule has 0 amide bonds. The summed E-state index contributed by atoms with van der Waals surface area (Å²) in [6, 6.07) is 0. The van der Waals surface area contributed by atoms with Crippen molar-refractivity contribution < 1.29 is 42.9 Å². The van der Waals surface area contributed by atoms with Crippen molar-refractivity contribution in [3.8, 4) is 0 Å². The van der Waals surface area contributed by atoms with Gasteiger partial charge in [-0.1, -0.05) is 184 Å². The molecule has 0 spiro atoms. The van der Waals surface area contributed by atoms with Crippen LogP contribution >= 0.6 is 0 Å². The number of esters is 2. The summed E-state index contributed by atoms with van der Waals surface area (Å²) in [6.07, 6.45) is 54.0. The number of carbonyl (C=O) groups excluding carboxylic acids is 3. The lowest BCUT2D eigenvalue weighted by Gasteiger charge is -2.26. The minimum atomic E-state index is -1.63. The molecule has 0 heterocycles. The van der Waals surface area contributed by atoms with Crippen LogP contribution in [0.25, 0.3) is 0 Å². The van der Waals surface area contributed by atoms with Crippen LogP contribution < -0.4 is 5.11 Å². The van der Waals surface area contributed by atoms with Gasteiger partial charge in [0.15, 0.2) is 12.4 Å². The van der Waals surface area contributed by atoms with E-state index >= 15 is 0 Å². The van der Waals surface area contributed by atoms with E-state index in [4.69, 9.17) is 18.9 Å². The Kier molecular flexibility index (Phi) is 44.3. The number of hydrogen-bond acceptors (Lipinski definition) is 8. The Morgan fingerprint density at radius 2 is 0.859 bits per heavy atom. The van der Waals surface area contributed by atoms with E-state index < -0.39 is 24.3 Å². The topological polar surface area (TPSA) is 111 Å². The van der Waals surface area contributed by atoms with Gasteiger partial charge in [0.2, 0.25) is 0 Å². The van der Waals surface area contributed by atoms with Crippen molar-refractivity contribution in [1.82, 2.24) is 0 Å². The molecule has 0 aliphatic carbocycles. The van der Waals surface area contributed by atoms with Crippen molar-refractivity contribution in [2.45, 2.75) is 225 Å². The van der Waals surface area contributed by atoms with Gasteiger partial charge in [-0.15, -0.1) is 0 Å². The molecule has 0 aliphatic rings. The Balaban J connectivity index is 4.31. The number of allylic oxidation sites excluding steroid dienone is 10. The third-order valence-electron chi connectivity index (χ3n) is 11.0. The van der Waals surface area contributed by atoms with Crippen LogP contribution in [0.1, 0.15) is 213 Å². The molecule has 64 heavy (non-hydrogen) atoms. The molecule has 0 aromatic rings. The van der Waals surface area contributed by atoms with Crippen molar-refractivity contribution in [2.24, 2.45) is 0 Å². The van der Waals surface area contributed by atoms with Crippen molar-refractivity contribution in [2.75, 3.05) is 47.5 Å². The zero-order valence-electron chi connectivity index (χ0n) is 41.9. The zero-order valence-corrected chi connectivity index (χ0v) is 41.9. The van der Waals surface area contributed by atoms with Crippen LogP contribution in [-0.2, 0) is 33.3 Å². The maximum Gasteiger partial charge on any atom is 0.306 e. The fourth-order valence-corrected chi connectivity index (χ4v) is 6.91. The molecular formula is C55H97NO8. The number of unbranched alkanes of at least 4 members (excludes halogenated alkanes) is 22. The molecule has 370 valence electrons. The summed E-state index contributed by atoms with van der Waals surface area (Å²) in [4.78, 5) is 37.1. The van der Waals surface area contributed by atoms with Gasteiger partial charge in [0.25, 0.3) is 0 Å². The third kappa shape index (κ3) is 47.0. The fourth-order valence-electron chi connectivity index (χ4n) is 6.91. The van der Waals surface area contributed by atoms with Gasteiger partial charge in [0.05, 0.1) is 40.3 Å². The summed E-state index contributed by atoms with van der Waals surface area (Å²) in [5.74, 6) is -2.31. The number of carboxylic acid groups (broad SMARTS) is 1. The zero-order chi connectivity index (χ0) is 47.0. The standard InChI is InChI=1S/C55H97NO8/c1-6-8-10-12-14-16-18-20-22-23-24-25-26-27-28-29-30-31-32-34-36-38-40-42-44-46-53(58)64-51(50-63-55(54(59)60)61-48-47-56(3,4)5)49-62-52(57)45-43-41-39-37-35-33-21-19-17-15-13-11-9-7-2/h13,15,18-21,23-24,26-27,51,55H,6-12,14,16-17,22,25,28-50H2,1-5H3/b15-13-,20-18-,21-19-,24-23-,27-26-. The number of rotatable bonds is 47. The Morgan fingerprint density at radius 1 is 0.469 bits per heavy atom. The first kappa shape index (κ1) is 61.0. The van der Waals surface area contributed by atoms with Gasteiger partial charge in [-0.2, -0.15) is 0 Å². The highest BCUT2D eigenvalue weighted by Gasteiger charge is 2.22. The van der Waals surface area contributed by atoms with E-state index in [1.165, 1.54) is 89.9 Å². The van der Waals surface area contributed by atoms with Crippen LogP contribution in [0.4, 0.5) is 0 Å². The molecule has 0 radical (unpaired) electrons. The molecule has 0 aliphatic heterocycles. The summed E-state index contributed by atoms with van der Waals surface area (Å²) in [5, 5.41) is 11.7. The monoisotopic (exact) mass is 900 g/mol. The second-order valence-electron chi connectivity index (χ2n) is 18.5. The van der Waals surface area contributed by atoms with Crippen LogP contribution in [0.15, 0.2) is 60.8 Å². The van der Waals surface area contributed by atoms with Crippen LogP contribution in [0.2, 0.25) is 0 Å². The average molecular weight is 900 g/mol. The minimum absolute atomic E-state index is 0.142. The molecule has 2 atom stereocenters.